The Morgan fingerprint density at radius 2 is 1.94 bits per heavy atom. The number of benzene rings is 1. The zero-order chi connectivity index (χ0) is 12.1. The van der Waals surface area contributed by atoms with Crippen molar-refractivity contribution in [1.82, 2.24) is 4.48 Å². The van der Waals surface area contributed by atoms with Crippen molar-refractivity contribution in [3.63, 3.8) is 0 Å². The fraction of sp³-hybridized carbons (Fsp3) is 0.333. The summed E-state index contributed by atoms with van der Waals surface area (Å²) in [6.07, 6.45) is 9.86. The lowest BCUT2D eigenvalue weighted by atomic mass is 10.0. The number of hydrogen-bond donors (Lipinski definition) is 1. The molecule has 2 unspecified atom stereocenters. The Morgan fingerprint density at radius 1 is 1.18 bits per heavy atom. The fourth-order valence-corrected chi connectivity index (χ4v) is 2.66. The molecule has 2 rings (SSSR count). The van der Waals surface area contributed by atoms with Crippen LogP contribution in [0.1, 0.15) is 13.3 Å². The molecule has 0 saturated carbocycles. The first-order valence-corrected chi connectivity index (χ1v) is 6.32. The van der Waals surface area contributed by atoms with E-state index in [1.807, 2.05) is 0 Å². The molecular weight excluding hydrogens is 208 g/mol. The van der Waals surface area contributed by atoms with Gasteiger partial charge in [0.15, 0.2) is 0 Å². The van der Waals surface area contributed by atoms with E-state index in [9.17, 15) is 0 Å². The summed E-state index contributed by atoms with van der Waals surface area (Å²) in [5, 5.41) is 0. The van der Waals surface area contributed by atoms with Gasteiger partial charge in [0.25, 0.3) is 0 Å². The molecule has 1 heterocycles. The van der Waals surface area contributed by atoms with Gasteiger partial charge in [0, 0.05) is 6.42 Å². The Labute approximate surface area is 104 Å². The van der Waals surface area contributed by atoms with Crippen LogP contribution in [0.15, 0.2) is 54.8 Å². The van der Waals surface area contributed by atoms with Crippen molar-refractivity contribution in [2.75, 3.05) is 13.1 Å². The average molecular weight is 229 g/mol. The van der Waals surface area contributed by atoms with Crippen LogP contribution in [0.25, 0.3) is 0 Å². The molecule has 0 aromatic heterocycles. The number of likely N-dealkylation sites (N-methyl/N-ethyl adjacent to an activating group) is 1. The first-order valence-electron chi connectivity index (χ1n) is 6.32. The summed E-state index contributed by atoms with van der Waals surface area (Å²) in [4.78, 5) is 0. The molecule has 0 bridgehead atoms. The zero-order valence-corrected chi connectivity index (χ0v) is 10.4. The third kappa shape index (κ3) is 2.19. The molecule has 1 aromatic rings. The second kappa shape index (κ2) is 5.30. The normalized spacial score (nSPS) is 27.3. The van der Waals surface area contributed by atoms with Crippen molar-refractivity contribution >= 4 is 5.69 Å². The molecule has 90 valence electrons. The molecular formula is C15H21N2+. The van der Waals surface area contributed by atoms with Crippen LogP contribution in [0.4, 0.5) is 5.69 Å². The van der Waals surface area contributed by atoms with Gasteiger partial charge in [-0.05, 0) is 37.8 Å². The van der Waals surface area contributed by atoms with Gasteiger partial charge in [0.1, 0.15) is 17.9 Å². The van der Waals surface area contributed by atoms with E-state index in [0.29, 0.717) is 6.04 Å². The highest BCUT2D eigenvalue weighted by atomic mass is 15.4. The monoisotopic (exact) mass is 229 g/mol. The van der Waals surface area contributed by atoms with E-state index in [1.165, 1.54) is 5.69 Å². The molecule has 2 atom stereocenters. The highest BCUT2D eigenvalue weighted by Crippen LogP contribution is 2.31. The summed E-state index contributed by atoms with van der Waals surface area (Å²) >= 11 is 0. The van der Waals surface area contributed by atoms with Crippen molar-refractivity contribution < 1.29 is 0 Å². The molecule has 2 nitrogen and oxygen atoms in total. The number of allylic oxidation sites excluding steroid dienone is 2. The highest BCUT2D eigenvalue weighted by Gasteiger charge is 2.34. The number of para-hydroxylation sites is 1. The zero-order valence-electron chi connectivity index (χ0n) is 10.4. The molecule has 0 aliphatic carbocycles. The number of nitrogens with zero attached hydrogens (tertiary/aromatic N) is 1. The summed E-state index contributed by atoms with van der Waals surface area (Å²) in [5.74, 6) is 0. The molecule has 0 spiro atoms. The predicted octanol–water partition coefficient (Wildman–Crippen LogP) is 2.81. The average Bonchev–Trinajstić information content (AvgIpc) is 2.41. The van der Waals surface area contributed by atoms with E-state index < -0.39 is 0 Å². The SMILES string of the molecule is CC[N+]1(c2ccccc2)C=CC=CC1CCN. The predicted molar refractivity (Wildman–Crippen MR) is 74.5 cm³/mol. The molecule has 0 saturated heterocycles. The molecule has 2 heteroatoms. The van der Waals surface area contributed by atoms with Gasteiger partial charge in [-0.3, -0.25) is 4.48 Å². The summed E-state index contributed by atoms with van der Waals surface area (Å²) in [6, 6.07) is 11.1. The number of quaternary nitrogens is 1. The Morgan fingerprint density at radius 3 is 2.59 bits per heavy atom. The fourth-order valence-electron chi connectivity index (χ4n) is 2.66. The van der Waals surface area contributed by atoms with Gasteiger partial charge in [0.2, 0.25) is 0 Å². The Hall–Kier alpha value is -1.38. The van der Waals surface area contributed by atoms with E-state index in [0.717, 1.165) is 24.0 Å². The lowest BCUT2D eigenvalue weighted by Gasteiger charge is -2.40. The molecule has 0 radical (unpaired) electrons. The van der Waals surface area contributed by atoms with Gasteiger partial charge in [-0.25, -0.2) is 0 Å². The van der Waals surface area contributed by atoms with Crippen LogP contribution in [0.2, 0.25) is 0 Å². The third-order valence-corrected chi connectivity index (χ3v) is 3.61. The number of hydrogen-bond acceptors (Lipinski definition) is 1. The van der Waals surface area contributed by atoms with Crippen molar-refractivity contribution in [3.8, 4) is 0 Å². The van der Waals surface area contributed by atoms with E-state index >= 15 is 0 Å². The minimum Gasteiger partial charge on any atom is -0.330 e. The third-order valence-electron chi connectivity index (χ3n) is 3.61. The van der Waals surface area contributed by atoms with Crippen molar-refractivity contribution in [3.05, 3.63) is 54.8 Å². The maximum atomic E-state index is 5.75. The van der Waals surface area contributed by atoms with Gasteiger partial charge >= 0.3 is 0 Å². The second-order valence-electron chi connectivity index (χ2n) is 4.45. The smallest absolute Gasteiger partial charge is 0.137 e. The Bertz CT molecular complexity index is 408. The molecule has 1 aliphatic rings. The van der Waals surface area contributed by atoms with Gasteiger partial charge in [0.05, 0.1) is 6.54 Å². The van der Waals surface area contributed by atoms with Crippen molar-refractivity contribution in [1.29, 1.82) is 0 Å². The topological polar surface area (TPSA) is 26.0 Å². The lowest BCUT2D eigenvalue weighted by molar-refractivity contribution is 0.315. The summed E-state index contributed by atoms with van der Waals surface area (Å²) in [5.41, 5.74) is 7.09. The molecule has 1 aliphatic heterocycles. The van der Waals surface area contributed by atoms with Crippen LogP contribution in [-0.2, 0) is 0 Å². The minimum absolute atomic E-state index is 0.456. The van der Waals surface area contributed by atoms with Gasteiger partial charge in [-0.15, -0.1) is 0 Å². The van der Waals surface area contributed by atoms with Crippen molar-refractivity contribution in [2.24, 2.45) is 5.73 Å². The number of nitrogens with two attached hydrogens (primary N) is 1. The van der Waals surface area contributed by atoms with Crippen LogP contribution < -0.4 is 10.2 Å². The van der Waals surface area contributed by atoms with E-state index in [1.54, 1.807) is 0 Å². The molecule has 0 fully saturated rings. The molecule has 0 amide bonds. The largest absolute Gasteiger partial charge is 0.330 e. The van der Waals surface area contributed by atoms with E-state index in [2.05, 4.69) is 61.7 Å². The van der Waals surface area contributed by atoms with E-state index in [-0.39, 0.29) is 0 Å². The Kier molecular flexibility index (Phi) is 3.77. The van der Waals surface area contributed by atoms with Gasteiger partial charge in [-0.2, -0.15) is 0 Å². The maximum Gasteiger partial charge on any atom is 0.137 e. The minimum atomic E-state index is 0.456. The Balaban J connectivity index is 2.41. The van der Waals surface area contributed by atoms with Crippen LogP contribution in [0.3, 0.4) is 0 Å². The van der Waals surface area contributed by atoms with Crippen LogP contribution in [0, 0.1) is 0 Å². The lowest BCUT2D eigenvalue weighted by Crippen LogP contribution is -2.53. The summed E-state index contributed by atoms with van der Waals surface area (Å²) in [6.45, 7) is 4.02. The highest BCUT2D eigenvalue weighted by molar-refractivity contribution is 5.48. The van der Waals surface area contributed by atoms with Crippen molar-refractivity contribution in [2.45, 2.75) is 19.4 Å². The summed E-state index contributed by atoms with van der Waals surface area (Å²) in [7, 11) is 0. The molecule has 17 heavy (non-hydrogen) atoms. The van der Waals surface area contributed by atoms with Crippen LogP contribution in [0.5, 0.6) is 0 Å². The number of rotatable bonds is 4. The molecule has 2 N–H and O–H groups in total. The van der Waals surface area contributed by atoms with Crippen LogP contribution >= 0.6 is 0 Å². The second-order valence-corrected chi connectivity index (χ2v) is 4.45. The first kappa shape index (κ1) is 12.1. The first-order chi connectivity index (χ1) is 8.33. The molecule has 1 aromatic carbocycles. The standard InChI is InChI=1S/C15H21N2/c1-2-17(14-8-4-3-5-9-14)13-7-6-10-15(17)11-12-16/h3-10,13,15H,2,11-12,16H2,1H3/q+1. The van der Waals surface area contributed by atoms with E-state index in [4.69, 9.17) is 5.73 Å². The summed E-state index contributed by atoms with van der Waals surface area (Å²) < 4.78 is 0.883. The van der Waals surface area contributed by atoms with Crippen LogP contribution in [-0.4, -0.2) is 19.1 Å². The van der Waals surface area contributed by atoms with Gasteiger partial charge < -0.3 is 5.73 Å². The quantitative estimate of drug-likeness (QED) is 0.789. The maximum absolute atomic E-state index is 5.75. The van der Waals surface area contributed by atoms with Gasteiger partial charge in [-0.1, -0.05) is 24.3 Å².